The number of nitrogen functional groups attached to an aromatic ring is 1. The number of hydrogen-bond acceptors (Lipinski definition) is 6. The molecule has 3 N–H and O–H groups in total. The fourth-order valence-corrected chi connectivity index (χ4v) is 4.54. The van der Waals surface area contributed by atoms with Crippen LogP contribution in [0.2, 0.25) is 0 Å². The average molecular weight is 493 g/mol. The van der Waals surface area contributed by atoms with Crippen molar-refractivity contribution in [3.8, 4) is 22.8 Å². The van der Waals surface area contributed by atoms with Crippen LogP contribution in [0.3, 0.4) is 0 Å². The smallest absolute Gasteiger partial charge is 0.222 e. The van der Waals surface area contributed by atoms with Gasteiger partial charge in [-0.2, -0.15) is 5.10 Å². The molecule has 2 atom stereocenters. The standard InChI is InChI=1S/C26H26F2N6O2/c1-14(2)26(35)32-16-6-7-17(11-16)34-25-22(24(29)30-13-31-25)23(33-34)20-9-8-19(12-21(20)28)36-18-5-3-4-15(27)10-18/h3-5,8-10,12-14,16-17H,6-7,11H2,1-2H3,(H,32,35)(H2,29,30,31)/t16-,17-/m1/s1. The first-order valence-electron chi connectivity index (χ1n) is 11.8. The van der Waals surface area contributed by atoms with Crippen LogP contribution in [0.1, 0.15) is 39.2 Å². The highest BCUT2D eigenvalue weighted by molar-refractivity contribution is 5.98. The van der Waals surface area contributed by atoms with E-state index in [0.717, 1.165) is 12.8 Å². The molecule has 0 bridgehead atoms. The lowest BCUT2D eigenvalue weighted by atomic mass is 10.1. The molecule has 4 aromatic rings. The SMILES string of the molecule is CC(C)C(=O)N[C@@H]1CC[C@@H](n2nc(-c3ccc(Oc4cccc(F)c4)cc3F)c3c(N)ncnc32)C1. The van der Waals surface area contributed by atoms with Crippen molar-refractivity contribution in [3.63, 3.8) is 0 Å². The zero-order valence-electron chi connectivity index (χ0n) is 19.9. The van der Waals surface area contributed by atoms with E-state index in [4.69, 9.17) is 15.6 Å². The van der Waals surface area contributed by atoms with Crippen LogP contribution in [0, 0.1) is 17.6 Å². The first kappa shape index (κ1) is 23.7. The molecule has 36 heavy (non-hydrogen) atoms. The number of fused-ring (bicyclic) bond motifs is 1. The van der Waals surface area contributed by atoms with Crippen LogP contribution in [0.25, 0.3) is 22.3 Å². The van der Waals surface area contributed by atoms with Gasteiger partial charge in [0, 0.05) is 29.7 Å². The minimum Gasteiger partial charge on any atom is -0.457 e. The van der Waals surface area contributed by atoms with Gasteiger partial charge in [-0.1, -0.05) is 19.9 Å². The molecule has 0 saturated heterocycles. The molecule has 1 aliphatic carbocycles. The van der Waals surface area contributed by atoms with Crippen molar-refractivity contribution in [2.75, 3.05) is 5.73 Å². The van der Waals surface area contributed by atoms with Gasteiger partial charge in [0.25, 0.3) is 0 Å². The molecular weight excluding hydrogens is 466 g/mol. The Bertz CT molecular complexity index is 1440. The highest BCUT2D eigenvalue weighted by Gasteiger charge is 2.31. The lowest BCUT2D eigenvalue weighted by Gasteiger charge is -2.15. The van der Waals surface area contributed by atoms with Gasteiger partial charge in [-0.3, -0.25) is 4.79 Å². The summed E-state index contributed by atoms with van der Waals surface area (Å²) >= 11 is 0. The van der Waals surface area contributed by atoms with E-state index in [9.17, 15) is 9.18 Å². The summed E-state index contributed by atoms with van der Waals surface area (Å²) in [4.78, 5) is 20.6. The van der Waals surface area contributed by atoms with Gasteiger partial charge in [0.2, 0.25) is 5.91 Å². The number of benzene rings is 2. The van der Waals surface area contributed by atoms with Crippen LogP contribution >= 0.6 is 0 Å². The molecule has 1 saturated carbocycles. The third-order valence-corrected chi connectivity index (χ3v) is 6.37. The molecule has 2 aromatic heterocycles. The van der Waals surface area contributed by atoms with Crippen molar-refractivity contribution < 1.29 is 18.3 Å². The number of nitrogens with zero attached hydrogens (tertiary/aromatic N) is 4. The zero-order valence-corrected chi connectivity index (χ0v) is 19.9. The van der Waals surface area contributed by atoms with Crippen molar-refractivity contribution in [2.45, 2.75) is 45.2 Å². The second-order valence-electron chi connectivity index (χ2n) is 9.28. The van der Waals surface area contributed by atoms with Gasteiger partial charge in [0.15, 0.2) is 5.65 Å². The van der Waals surface area contributed by atoms with Crippen LogP contribution in [-0.2, 0) is 4.79 Å². The first-order valence-corrected chi connectivity index (χ1v) is 11.8. The van der Waals surface area contributed by atoms with Crippen LogP contribution in [0.5, 0.6) is 11.5 Å². The number of nitrogens with one attached hydrogen (secondary N) is 1. The number of anilines is 1. The molecule has 5 rings (SSSR count). The van der Waals surface area contributed by atoms with Crippen molar-refractivity contribution >= 4 is 22.8 Å². The Morgan fingerprint density at radius 2 is 1.94 bits per heavy atom. The van der Waals surface area contributed by atoms with Gasteiger partial charge in [0.05, 0.1) is 11.4 Å². The Morgan fingerprint density at radius 1 is 1.14 bits per heavy atom. The third-order valence-electron chi connectivity index (χ3n) is 6.37. The van der Waals surface area contributed by atoms with Gasteiger partial charge in [0.1, 0.15) is 41.0 Å². The highest BCUT2D eigenvalue weighted by Crippen LogP contribution is 2.38. The molecule has 1 fully saturated rings. The van der Waals surface area contributed by atoms with E-state index >= 15 is 4.39 Å². The number of amides is 1. The summed E-state index contributed by atoms with van der Waals surface area (Å²) in [5.74, 6) is -0.430. The van der Waals surface area contributed by atoms with E-state index in [0.29, 0.717) is 23.1 Å². The number of rotatable bonds is 6. The van der Waals surface area contributed by atoms with E-state index in [-0.39, 0.29) is 46.8 Å². The maximum Gasteiger partial charge on any atom is 0.222 e. The van der Waals surface area contributed by atoms with Gasteiger partial charge in [-0.05, 0) is 43.5 Å². The van der Waals surface area contributed by atoms with Crippen LogP contribution in [0.15, 0.2) is 48.8 Å². The maximum atomic E-state index is 15.3. The van der Waals surface area contributed by atoms with Crippen molar-refractivity contribution in [1.82, 2.24) is 25.1 Å². The fraction of sp³-hybridized carbons (Fsp3) is 0.308. The molecule has 0 unspecified atom stereocenters. The predicted octanol–water partition coefficient (Wildman–Crippen LogP) is 5.01. The van der Waals surface area contributed by atoms with Crippen molar-refractivity contribution in [3.05, 3.63) is 60.4 Å². The number of halogens is 2. The van der Waals surface area contributed by atoms with E-state index in [1.165, 1.54) is 30.6 Å². The number of carbonyl (C=O) groups excluding carboxylic acids is 1. The molecule has 8 nitrogen and oxygen atoms in total. The number of hydrogen-bond donors (Lipinski definition) is 2. The summed E-state index contributed by atoms with van der Waals surface area (Å²) in [6.07, 6.45) is 3.63. The summed E-state index contributed by atoms with van der Waals surface area (Å²) in [6, 6.07) is 9.96. The monoisotopic (exact) mass is 492 g/mol. The number of nitrogens with two attached hydrogens (primary N) is 1. The summed E-state index contributed by atoms with van der Waals surface area (Å²) < 4.78 is 36.1. The lowest BCUT2D eigenvalue weighted by Crippen LogP contribution is -2.35. The van der Waals surface area contributed by atoms with Crippen molar-refractivity contribution in [1.29, 1.82) is 0 Å². The fourth-order valence-electron chi connectivity index (χ4n) is 4.54. The highest BCUT2D eigenvalue weighted by atomic mass is 19.1. The summed E-state index contributed by atoms with van der Waals surface area (Å²) in [7, 11) is 0. The number of ether oxygens (including phenoxy) is 1. The average Bonchev–Trinajstić information content (AvgIpc) is 3.44. The number of carbonyl (C=O) groups is 1. The molecule has 186 valence electrons. The second-order valence-corrected chi connectivity index (χ2v) is 9.28. The Hall–Kier alpha value is -4.08. The molecule has 1 aliphatic rings. The van der Waals surface area contributed by atoms with Gasteiger partial charge < -0.3 is 15.8 Å². The molecule has 0 spiro atoms. The van der Waals surface area contributed by atoms with Gasteiger partial charge in [-0.25, -0.2) is 23.4 Å². The van der Waals surface area contributed by atoms with Crippen LogP contribution in [-0.4, -0.2) is 31.7 Å². The second kappa shape index (κ2) is 9.52. The van der Waals surface area contributed by atoms with E-state index in [2.05, 4.69) is 15.3 Å². The normalized spacial score (nSPS) is 17.6. The minimum absolute atomic E-state index is 0.0147. The third kappa shape index (κ3) is 4.58. The predicted molar refractivity (Wildman–Crippen MR) is 131 cm³/mol. The molecular formula is C26H26F2N6O2. The largest absolute Gasteiger partial charge is 0.457 e. The van der Waals surface area contributed by atoms with E-state index < -0.39 is 11.6 Å². The Kier molecular flexibility index (Phi) is 6.26. The summed E-state index contributed by atoms with van der Waals surface area (Å²) in [5, 5.41) is 8.27. The molecule has 0 aliphatic heterocycles. The quantitative estimate of drug-likeness (QED) is 0.392. The van der Waals surface area contributed by atoms with Crippen molar-refractivity contribution in [2.24, 2.45) is 5.92 Å². The van der Waals surface area contributed by atoms with Gasteiger partial charge >= 0.3 is 0 Å². The molecule has 10 heteroatoms. The molecule has 2 heterocycles. The van der Waals surface area contributed by atoms with E-state index in [1.807, 2.05) is 13.8 Å². The first-order chi connectivity index (χ1) is 17.3. The molecule has 1 amide bonds. The van der Waals surface area contributed by atoms with Crippen LogP contribution in [0.4, 0.5) is 14.6 Å². The minimum atomic E-state index is -0.577. The topological polar surface area (TPSA) is 108 Å². The van der Waals surface area contributed by atoms with Crippen LogP contribution < -0.4 is 15.8 Å². The van der Waals surface area contributed by atoms with Gasteiger partial charge in [-0.15, -0.1) is 0 Å². The molecule has 0 radical (unpaired) electrons. The Labute approximate surface area is 206 Å². The summed E-state index contributed by atoms with van der Waals surface area (Å²) in [6.45, 7) is 3.72. The van der Waals surface area contributed by atoms with E-state index in [1.54, 1.807) is 22.9 Å². The Morgan fingerprint density at radius 3 is 2.69 bits per heavy atom. The number of aromatic nitrogens is 4. The molecule has 2 aromatic carbocycles. The summed E-state index contributed by atoms with van der Waals surface area (Å²) in [5.41, 5.74) is 7.24. The maximum absolute atomic E-state index is 15.3. The Balaban J connectivity index is 1.47. The lowest BCUT2D eigenvalue weighted by molar-refractivity contribution is -0.124. The zero-order chi connectivity index (χ0) is 25.4.